The summed E-state index contributed by atoms with van der Waals surface area (Å²) in [5, 5.41) is 2.86. The highest BCUT2D eigenvalue weighted by atomic mass is 32.1. The van der Waals surface area contributed by atoms with Gasteiger partial charge in [-0.1, -0.05) is 0 Å². The van der Waals surface area contributed by atoms with Gasteiger partial charge in [0, 0.05) is 4.88 Å². The Labute approximate surface area is 203 Å². The number of anilines is 1. The zero-order valence-electron chi connectivity index (χ0n) is 19.0. The first-order valence-corrected chi connectivity index (χ1v) is 11.2. The van der Waals surface area contributed by atoms with Crippen molar-refractivity contribution in [2.24, 2.45) is 0 Å². The highest BCUT2D eigenvalue weighted by molar-refractivity contribution is 7.16. The van der Waals surface area contributed by atoms with Gasteiger partial charge in [0.25, 0.3) is 17.7 Å². The van der Waals surface area contributed by atoms with Crippen LogP contribution in [-0.2, 0) is 20.8 Å². The number of carbonyl (C=O) groups excluding carboxylic acids is 5. The van der Waals surface area contributed by atoms with E-state index >= 15 is 0 Å². The normalized spacial score (nSPS) is 12.5. The molecule has 0 saturated carbocycles. The number of amides is 3. The fourth-order valence-corrected chi connectivity index (χ4v) is 4.62. The van der Waals surface area contributed by atoms with E-state index in [1.54, 1.807) is 26.0 Å². The van der Waals surface area contributed by atoms with Crippen LogP contribution in [0.5, 0.6) is 0 Å². The summed E-state index contributed by atoms with van der Waals surface area (Å²) in [4.78, 5) is 64.1. The van der Waals surface area contributed by atoms with E-state index in [-0.39, 0.29) is 28.8 Å². The van der Waals surface area contributed by atoms with Gasteiger partial charge < -0.3 is 19.2 Å². The molecule has 0 radical (unpaired) electrons. The number of nitrogens with zero attached hydrogens (tertiary/aromatic N) is 1. The largest absolute Gasteiger partial charge is 0.467 e. The minimum absolute atomic E-state index is 0.00982. The van der Waals surface area contributed by atoms with Crippen LogP contribution < -0.4 is 5.32 Å². The van der Waals surface area contributed by atoms with Gasteiger partial charge in [-0.05, 0) is 49.7 Å². The van der Waals surface area contributed by atoms with Crippen molar-refractivity contribution in [1.29, 1.82) is 0 Å². The molecular weight excluding hydrogens is 476 g/mol. The maximum Gasteiger partial charge on any atom is 0.341 e. The first-order chi connectivity index (χ1) is 16.7. The molecule has 1 N–H and O–H groups in total. The number of hydrogen-bond donors (Lipinski definition) is 1. The minimum atomic E-state index is -0.848. The van der Waals surface area contributed by atoms with E-state index in [1.165, 1.54) is 42.9 Å². The Hall–Kier alpha value is -4.25. The summed E-state index contributed by atoms with van der Waals surface area (Å²) < 4.78 is 15.0. The van der Waals surface area contributed by atoms with Crippen molar-refractivity contribution in [3.63, 3.8) is 0 Å². The molecule has 0 aliphatic carbocycles. The van der Waals surface area contributed by atoms with Gasteiger partial charge in [-0.15, -0.1) is 11.3 Å². The van der Waals surface area contributed by atoms with Crippen LogP contribution in [0.3, 0.4) is 0 Å². The van der Waals surface area contributed by atoms with Crippen LogP contribution in [0.4, 0.5) is 5.00 Å². The number of ether oxygens (including phenoxy) is 2. The lowest BCUT2D eigenvalue weighted by Crippen LogP contribution is -2.28. The Bertz CT molecular complexity index is 1360. The third-order valence-electron chi connectivity index (χ3n) is 5.46. The van der Waals surface area contributed by atoms with Crippen molar-refractivity contribution in [2.75, 3.05) is 19.0 Å². The molecule has 0 fully saturated rings. The number of imide groups is 1. The van der Waals surface area contributed by atoms with E-state index in [2.05, 4.69) is 5.32 Å². The molecule has 3 amide bonds. The molecule has 1 aliphatic heterocycles. The van der Waals surface area contributed by atoms with E-state index in [0.29, 0.717) is 16.3 Å². The number of nitrogens with one attached hydrogen (secondary N) is 1. The molecule has 10 nitrogen and oxygen atoms in total. The fourth-order valence-electron chi connectivity index (χ4n) is 3.56. The second-order valence-corrected chi connectivity index (χ2v) is 8.86. The summed E-state index contributed by atoms with van der Waals surface area (Å²) in [5.74, 6) is -2.70. The van der Waals surface area contributed by atoms with Gasteiger partial charge in [0.05, 0.1) is 42.2 Å². The predicted molar refractivity (Wildman–Crippen MR) is 123 cm³/mol. The van der Waals surface area contributed by atoms with E-state index < -0.39 is 36.3 Å². The van der Waals surface area contributed by atoms with Crippen molar-refractivity contribution in [3.05, 3.63) is 75.0 Å². The highest BCUT2D eigenvalue weighted by Crippen LogP contribution is 2.33. The molecule has 3 aromatic rings. The summed E-state index contributed by atoms with van der Waals surface area (Å²) in [6, 6.07) is 7.27. The number of benzene rings is 1. The smallest absolute Gasteiger partial charge is 0.341 e. The Kier molecular flexibility index (Phi) is 6.52. The number of fused-ring (bicyclic) bond motifs is 1. The van der Waals surface area contributed by atoms with Crippen molar-refractivity contribution < 1.29 is 37.9 Å². The molecule has 35 heavy (non-hydrogen) atoms. The summed E-state index contributed by atoms with van der Waals surface area (Å²) in [5.41, 5.74) is 1.17. The van der Waals surface area contributed by atoms with E-state index in [9.17, 15) is 24.0 Å². The van der Waals surface area contributed by atoms with Crippen LogP contribution in [0.25, 0.3) is 0 Å². The first-order valence-electron chi connectivity index (χ1n) is 10.4. The van der Waals surface area contributed by atoms with Gasteiger partial charge in [0.15, 0.2) is 6.61 Å². The van der Waals surface area contributed by atoms with Gasteiger partial charge in [-0.3, -0.25) is 19.3 Å². The molecule has 3 heterocycles. The molecule has 1 aliphatic rings. The van der Waals surface area contributed by atoms with E-state index in [0.717, 1.165) is 9.78 Å². The highest BCUT2D eigenvalue weighted by Gasteiger charge is 2.36. The van der Waals surface area contributed by atoms with Crippen molar-refractivity contribution in [3.8, 4) is 0 Å². The molecule has 11 heteroatoms. The van der Waals surface area contributed by atoms with Gasteiger partial charge in [-0.25, -0.2) is 9.59 Å². The standard InChI is InChI=1S/C24H20N2O8S/c1-12-13(2)35-20(19(12)24(31)32-3)25-18(27)11-34-23(30)14-6-7-16-17(9-14)22(29)26(21(16)28)10-15-5-4-8-33-15/h4-9H,10-11H2,1-3H3,(H,25,27). The number of carbonyl (C=O) groups is 5. The molecule has 1 aromatic carbocycles. The molecular formula is C24H20N2O8S. The number of hydrogen-bond acceptors (Lipinski definition) is 9. The monoisotopic (exact) mass is 496 g/mol. The second-order valence-electron chi connectivity index (χ2n) is 7.64. The van der Waals surface area contributed by atoms with E-state index in [1.807, 2.05) is 0 Å². The maximum absolute atomic E-state index is 12.7. The van der Waals surface area contributed by atoms with Gasteiger partial charge in [0.1, 0.15) is 10.8 Å². The number of thiophene rings is 1. The van der Waals surface area contributed by atoms with Crippen LogP contribution in [0, 0.1) is 13.8 Å². The Morgan fingerprint density at radius 1 is 1.06 bits per heavy atom. The van der Waals surface area contributed by atoms with Crippen LogP contribution in [0.1, 0.15) is 57.6 Å². The summed E-state index contributed by atoms with van der Waals surface area (Å²) in [7, 11) is 1.24. The molecule has 0 bridgehead atoms. The van der Waals surface area contributed by atoms with Crippen LogP contribution in [-0.4, -0.2) is 48.3 Å². The van der Waals surface area contributed by atoms with Crippen LogP contribution in [0.2, 0.25) is 0 Å². The Morgan fingerprint density at radius 2 is 1.80 bits per heavy atom. The Balaban J connectivity index is 1.41. The van der Waals surface area contributed by atoms with Gasteiger partial charge >= 0.3 is 11.9 Å². The third-order valence-corrected chi connectivity index (χ3v) is 6.59. The van der Waals surface area contributed by atoms with Crippen LogP contribution in [0.15, 0.2) is 41.0 Å². The quantitative estimate of drug-likeness (QED) is 0.389. The van der Waals surface area contributed by atoms with Gasteiger partial charge in [0.2, 0.25) is 0 Å². The molecule has 2 aromatic heterocycles. The number of methoxy groups -OCH3 is 1. The maximum atomic E-state index is 12.7. The first kappa shape index (κ1) is 23.9. The number of rotatable bonds is 7. The zero-order chi connectivity index (χ0) is 25.3. The predicted octanol–water partition coefficient (Wildman–Crippen LogP) is 3.34. The lowest BCUT2D eigenvalue weighted by molar-refractivity contribution is -0.119. The molecule has 0 saturated heterocycles. The topological polar surface area (TPSA) is 132 Å². The average Bonchev–Trinajstić information content (AvgIpc) is 3.52. The average molecular weight is 496 g/mol. The number of furan rings is 1. The lowest BCUT2D eigenvalue weighted by atomic mass is 10.1. The van der Waals surface area contributed by atoms with Crippen molar-refractivity contribution in [2.45, 2.75) is 20.4 Å². The molecule has 0 unspecified atom stereocenters. The Morgan fingerprint density at radius 3 is 2.49 bits per heavy atom. The third kappa shape index (κ3) is 4.58. The number of aryl methyl sites for hydroxylation is 1. The summed E-state index contributed by atoms with van der Waals surface area (Å²) >= 11 is 1.20. The summed E-state index contributed by atoms with van der Waals surface area (Å²) in [6.45, 7) is 2.89. The number of esters is 2. The molecule has 180 valence electrons. The minimum Gasteiger partial charge on any atom is -0.467 e. The zero-order valence-corrected chi connectivity index (χ0v) is 19.8. The van der Waals surface area contributed by atoms with Crippen molar-refractivity contribution in [1.82, 2.24) is 4.90 Å². The van der Waals surface area contributed by atoms with Gasteiger partial charge in [-0.2, -0.15) is 0 Å². The summed E-state index contributed by atoms with van der Waals surface area (Å²) in [6.07, 6.45) is 1.44. The SMILES string of the molecule is COC(=O)c1c(NC(=O)COC(=O)c2ccc3c(c2)C(=O)N(Cc2ccco2)C3=O)sc(C)c1C. The fraction of sp³-hybridized carbons (Fsp3) is 0.208. The lowest BCUT2D eigenvalue weighted by Gasteiger charge is -2.11. The molecule has 4 rings (SSSR count). The molecule has 0 spiro atoms. The van der Waals surface area contributed by atoms with Crippen LogP contribution >= 0.6 is 11.3 Å². The molecule has 0 atom stereocenters. The van der Waals surface area contributed by atoms with Crippen molar-refractivity contribution >= 4 is 46.0 Å². The van der Waals surface area contributed by atoms with E-state index in [4.69, 9.17) is 13.9 Å². The second kappa shape index (κ2) is 9.55.